The van der Waals surface area contributed by atoms with E-state index in [0.29, 0.717) is 6.54 Å². The van der Waals surface area contributed by atoms with Crippen LogP contribution < -0.4 is 11.1 Å². The second-order valence-electron chi connectivity index (χ2n) is 3.75. The molecule has 3 N–H and O–H groups in total. The van der Waals surface area contributed by atoms with Gasteiger partial charge in [-0.15, -0.1) is 23.7 Å². The van der Waals surface area contributed by atoms with Crippen molar-refractivity contribution in [3.05, 3.63) is 21.3 Å². The van der Waals surface area contributed by atoms with Crippen molar-refractivity contribution in [2.45, 2.75) is 26.3 Å². The largest absolute Gasteiger partial charge is 0.348 e. The highest BCUT2D eigenvalue weighted by Gasteiger charge is 2.17. The molecular weight excluding hydrogens is 279 g/mol. The van der Waals surface area contributed by atoms with Crippen LogP contribution >= 0.6 is 35.3 Å². The molecule has 2 unspecified atom stereocenters. The summed E-state index contributed by atoms with van der Waals surface area (Å²) in [6.45, 7) is 4.22. The van der Waals surface area contributed by atoms with E-state index in [1.165, 1.54) is 11.3 Å². The molecular formula is C11H18Cl2N2OS. The maximum absolute atomic E-state index is 11.7. The van der Waals surface area contributed by atoms with Crippen LogP contribution in [-0.2, 0) is 4.79 Å². The lowest BCUT2D eigenvalue weighted by Crippen LogP contribution is -2.35. The van der Waals surface area contributed by atoms with Gasteiger partial charge in [-0.25, -0.2) is 0 Å². The number of nitrogens with two attached hydrogens (primary N) is 1. The van der Waals surface area contributed by atoms with Gasteiger partial charge >= 0.3 is 0 Å². The fourth-order valence-corrected chi connectivity index (χ4v) is 2.51. The Morgan fingerprint density at radius 3 is 2.65 bits per heavy atom. The highest BCUT2D eigenvalue weighted by atomic mass is 35.5. The van der Waals surface area contributed by atoms with Crippen LogP contribution in [0.1, 0.15) is 31.2 Å². The minimum absolute atomic E-state index is 0. The molecule has 1 amide bonds. The van der Waals surface area contributed by atoms with Crippen LogP contribution in [0.4, 0.5) is 0 Å². The molecule has 0 saturated carbocycles. The molecule has 0 aliphatic rings. The van der Waals surface area contributed by atoms with Gasteiger partial charge in [0.1, 0.15) is 0 Å². The average molecular weight is 297 g/mol. The molecule has 0 radical (unpaired) electrons. The van der Waals surface area contributed by atoms with Gasteiger partial charge in [0.05, 0.1) is 10.4 Å². The van der Waals surface area contributed by atoms with Crippen molar-refractivity contribution in [1.29, 1.82) is 0 Å². The minimum Gasteiger partial charge on any atom is -0.348 e. The van der Waals surface area contributed by atoms with Gasteiger partial charge in [0.25, 0.3) is 0 Å². The fraction of sp³-hybridized carbons (Fsp3) is 0.545. The number of amides is 1. The lowest BCUT2D eigenvalue weighted by Gasteiger charge is -2.17. The molecule has 1 aromatic rings. The number of thiophene rings is 1. The van der Waals surface area contributed by atoms with E-state index in [1.54, 1.807) is 0 Å². The van der Waals surface area contributed by atoms with Crippen LogP contribution in [0.2, 0.25) is 4.34 Å². The Bertz CT molecular complexity index is 357. The molecule has 6 heteroatoms. The SMILES string of the molecule is CCC(NC(=O)C(C)CN)c1ccc(Cl)s1.Cl. The average Bonchev–Trinajstić information content (AvgIpc) is 2.71. The smallest absolute Gasteiger partial charge is 0.224 e. The van der Waals surface area contributed by atoms with Gasteiger partial charge < -0.3 is 11.1 Å². The second-order valence-corrected chi connectivity index (χ2v) is 5.49. The van der Waals surface area contributed by atoms with Crippen LogP contribution in [0.25, 0.3) is 0 Å². The zero-order valence-corrected chi connectivity index (χ0v) is 12.3. The van der Waals surface area contributed by atoms with E-state index in [4.69, 9.17) is 17.3 Å². The molecule has 0 aliphatic carbocycles. The fourth-order valence-electron chi connectivity index (χ4n) is 1.31. The minimum atomic E-state index is -0.149. The Balaban J connectivity index is 0.00000256. The highest BCUT2D eigenvalue weighted by Crippen LogP contribution is 2.28. The zero-order chi connectivity index (χ0) is 12.1. The van der Waals surface area contributed by atoms with E-state index in [-0.39, 0.29) is 30.3 Å². The second kappa shape index (κ2) is 7.93. The summed E-state index contributed by atoms with van der Waals surface area (Å²) < 4.78 is 0.745. The molecule has 2 atom stereocenters. The summed E-state index contributed by atoms with van der Waals surface area (Å²) in [6, 6.07) is 3.84. The summed E-state index contributed by atoms with van der Waals surface area (Å²) in [6.07, 6.45) is 0.847. The Morgan fingerprint density at radius 2 is 2.24 bits per heavy atom. The van der Waals surface area contributed by atoms with Gasteiger partial charge in [0.15, 0.2) is 0 Å². The molecule has 0 spiro atoms. The van der Waals surface area contributed by atoms with E-state index in [2.05, 4.69) is 5.32 Å². The van der Waals surface area contributed by atoms with Crippen molar-refractivity contribution in [2.24, 2.45) is 11.7 Å². The number of hydrogen-bond donors (Lipinski definition) is 2. The molecule has 3 nitrogen and oxygen atoms in total. The molecule has 17 heavy (non-hydrogen) atoms. The third-order valence-electron chi connectivity index (χ3n) is 2.46. The van der Waals surface area contributed by atoms with E-state index >= 15 is 0 Å². The normalized spacial score (nSPS) is 13.6. The van der Waals surface area contributed by atoms with Crippen molar-refractivity contribution in [3.63, 3.8) is 0 Å². The number of rotatable bonds is 5. The molecule has 0 fully saturated rings. The van der Waals surface area contributed by atoms with Gasteiger partial charge in [0.2, 0.25) is 5.91 Å². The first-order valence-electron chi connectivity index (χ1n) is 5.34. The number of carbonyl (C=O) groups excluding carboxylic acids is 1. The van der Waals surface area contributed by atoms with Gasteiger partial charge in [-0.3, -0.25) is 4.79 Å². The van der Waals surface area contributed by atoms with Crippen molar-refractivity contribution in [2.75, 3.05) is 6.54 Å². The maximum atomic E-state index is 11.7. The van der Waals surface area contributed by atoms with E-state index in [1.807, 2.05) is 26.0 Å². The van der Waals surface area contributed by atoms with Crippen molar-refractivity contribution < 1.29 is 4.79 Å². The van der Waals surface area contributed by atoms with Gasteiger partial charge in [0, 0.05) is 17.3 Å². The van der Waals surface area contributed by atoms with Crippen molar-refractivity contribution in [1.82, 2.24) is 5.32 Å². The molecule has 1 heterocycles. The summed E-state index contributed by atoms with van der Waals surface area (Å²) in [5.41, 5.74) is 5.45. The Hall–Kier alpha value is -0.290. The van der Waals surface area contributed by atoms with Crippen LogP contribution in [-0.4, -0.2) is 12.5 Å². The van der Waals surface area contributed by atoms with Crippen LogP contribution in [0.5, 0.6) is 0 Å². The molecule has 98 valence electrons. The maximum Gasteiger partial charge on any atom is 0.224 e. The zero-order valence-electron chi connectivity index (χ0n) is 9.90. The third-order valence-corrected chi connectivity index (χ3v) is 3.81. The summed E-state index contributed by atoms with van der Waals surface area (Å²) in [4.78, 5) is 12.8. The summed E-state index contributed by atoms with van der Waals surface area (Å²) in [7, 11) is 0. The number of nitrogens with one attached hydrogen (secondary N) is 1. The molecule has 1 aromatic heterocycles. The molecule has 0 aromatic carbocycles. The third kappa shape index (κ3) is 4.84. The number of halogens is 2. The van der Waals surface area contributed by atoms with Gasteiger partial charge in [-0.1, -0.05) is 25.4 Å². The molecule has 1 rings (SSSR count). The lowest BCUT2D eigenvalue weighted by atomic mass is 10.1. The monoisotopic (exact) mass is 296 g/mol. The van der Waals surface area contributed by atoms with Crippen LogP contribution in [0.3, 0.4) is 0 Å². The number of hydrogen-bond acceptors (Lipinski definition) is 3. The van der Waals surface area contributed by atoms with E-state index in [0.717, 1.165) is 15.6 Å². The van der Waals surface area contributed by atoms with E-state index in [9.17, 15) is 4.79 Å². The molecule has 0 bridgehead atoms. The Labute approximate surface area is 117 Å². The predicted octanol–water partition coefficient (Wildman–Crippen LogP) is 2.99. The predicted molar refractivity (Wildman–Crippen MR) is 76.0 cm³/mol. The Kier molecular flexibility index (Phi) is 7.79. The summed E-state index contributed by atoms with van der Waals surface area (Å²) >= 11 is 7.37. The first-order valence-corrected chi connectivity index (χ1v) is 6.53. The Morgan fingerprint density at radius 1 is 1.59 bits per heavy atom. The van der Waals surface area contributed by atoms with Crippen molar-refractivity contribution >= 4 is 41.3 Å². The summed E-state index contributed by atoms with van der Waals surface area (Å²) in [5.74, 6) is -0.150. The summed E-state index contributed by atoms with van der Waals surface area (Å²) in [5, 5.41) is 2.98. The van der Waals surface area contributed by atoms with Crippen molar-refractivity contribution in [3.8, 4) is 0 Å². The molecule has 0 aliphatic heterocycles. The number of carbonyl (C=O) groups is 1. The van der Waals surface area contributed by atoms with Gasteiger partial charge in [-0.2, -0.15) is 0 Å². The first kappa shape index (κ1) is 16.7. The van der Waals surface area contributed by atoms with Crippen LogP contribution in [0.15, 0.2) is 12.1 Å². The molecule has 0 saturated heterocycles. The topological polar surface area (TPSA) is 55.1 Å². The standard InChI is InChI=1S/C11H17ClN2OS.ClH/c1-3-8(9-4-5-10(12)16-9)14-11(15)7(2)6-13;/h4-5,7-8H,3,6,13H2,1-2H3,(H,14,15);1H. The quantitative estimate of drug-likeness (QED) is 0.878. The van der Waals surface area contributed by atoms with E-state index < -0.39 is 0 Å². The lowest BCUT2D eigenvalue weighted by molar-refractivity contribution is -0.125. The van der Waals surface area contributed by atoms with Crippen LogP contribution in [0, 0.1) is 5.92 Å². The first-order chi connectivity index (χ1) is 7.58. The van der Waals surface area contributed by atoms with Gasteiger partial charge in [-0.05, 0) is 18.6 Å². The highest BCUT2D eigenvalue weighted by molar-refractivity contribution is 7.16.